The molecule has 3 aromatic heterocycles. The summed E-state index contributed by atoms with van der Waals surface area (Å²) in [4.78, 5) is 44.9. The molecule has 5 aliphatic carbocycles. The number of amides is 1. The number of carbonyl (C=O) groups excluding carboxylic acids is 1. The molecule has 2 N–H and O–H groups in total. The topological polar surface area (TPSA) is 135 Å². The molecule has 57 heavy (non-hydrogen) atoms. The van der Waals surface area contributed by atoms with Gasteiger partial charge in [0, 0.05) is 74.2 Å². The van der Waals surface area contributed by atoms with Crippen molar-refractivity contribution in [3.05, 3.63) is 60.1 Å². The first-order valence-corrected chi connectivity index (χ1v) is 19.6. The maximum atomic E-state index is 14.8. The van der Waals surface area contributed by atoms with Crippen LogP contribution in [0.2, 0.25) is 0 Å². The van der Waals surface area contributed by atoms with E-state index in [9.17, 15) is 41.0 Å². The number of fused-ring (bicyclic) bond motifs is 1. The Labute approximate surface area is 323 Å². The molecule has 1 aliphatic heterocycles. The summed E-state index contributed by atoms with van der Waals surface area (Å²) in [5.41, 5.74) is -3.29. The SMILES string of the molecule is O=C(NC1(C(=O)O)C2CC3CC(C2)CC1C3)c1cnc(-c2cn(C3CCC(F)(F)CC3)c3cc(OC4CCN(c5ncc(F)cn5)CC4)ccc23)nc1C(F)(F)F. The second-order valence-electron chi connectivity index (χ2n) is 16.6. The van der Waals surface area contributed by atoms with E-state index in [1.807, 2.05) is 4.90 Å². The van der Waals surface area contributed by atoms with Gasteiger partial charge < -0.3 is 24.6 Å². The molecule has 6 aliphatic rings. The highest BCUT2D eigenvalue weighted by atomic mass is 19.4. The van der Waals surface area contributed by atoms with E-state index in [1.165, 1.54) is 0 Å². The van der Waals surface area contributed by atoms with Gasteiger partial charge in [-0.05, 0) is 80.8 Å². The Hall–Kier alpha value is -4.96. The number of anilines is 1. The molecular weight excluding hydrogens is 756 g/mol. The van der Waals surface area contributed by atoms with Crippen molar-refractivity contribution in [1.29, 1.82) is 0 Å². The molecule has 11 nitrogen and oxygen atoms in total. The third-order valence-corrected chi connectivity index (χ3v) is 13.2. The number of hydrogen-bond acceptors (Lipinski definition) is 8. The van der Waals surface area contributed by atoms with Crippen LogP contribution in [0.15, 0.2) is 43.0 Å². The van der Waals surface area contributed by atoms with Crippen LogP contribution in [0.3, 0.4) is 0 Å². The summed E-state index contributed by atoms with van der Waals surface area (Å²) in [5, 5.41) is 13.5. The first-order valence-electron chi connectivity index (χ1n) is 19.6. The van der Waals surface area contributed by atoms with Gasteiger partial charge in [0.1, 0.15) is 17.4 Å². The lowest BCUT2D eigenvalue weighted by Gasteiger charge is -2.59. The fraction of sp³-hybridized carbons (Fsp3) is 0.550. The van der Waals surface area contributed by atoms with E-state index in [4.69, 9.17) is 4.74 Å². The van der Waals surface area contributed by atoms with Gasteiger partial charge in [-0.2, -0.15) is 13.2 Å². The molecular formula is C40H41F6N7O4. The highest BCUT2D eigenvalue weighted by Crippen LogP contribution is 2.58. The molecule has 5 saturated carbocycles. The number of carboxylic acids is 1. The average Bonchev–Trinajstić information content (AvgIpc) is 3.54. The maximum Gasteiger partial charge on any atom is 0.434 e. The van der Waals surface area contributed by atoms with Crippen molar-refractivity contribution in [3.8, 4) is 17.1 Å². The number of nitrogens with zero attached hydrogens (tertiary/aromatic N) is 6. The van der Waals surface area contributed by atoms with Gasteiger partial charge in [0.2, 0.25) is 11.9 Å². The van der Waals surface area contributed by atoms with Gasteiger partial charge in [0.15, 0.2) is 17.3 Å². The summed E-state index contributed by atoms with van der Waals surface area (Å²) < 4.78 is 94.4. The minimum Gasteiger partial charge on any atom is -0.490 e. The predicted octanol–water partition coefficient (Wildman–Crippen LogP) is 7.85. The van der Waals surface area contributed by atoms with Crippen LogP contribution in [0.4, 0.5) is 32.3 Å². The number of alkyl halides is 5. The number of aromatic nitrogens is 5. The molecule has 4 heterocycles. The molecule has 1 saturated heterocycles. The van der Waals surface area contributed by atoms with Crippen LogP contribution in [0.5, 0.6) is 5.75 Å². The lowest BCUT2D eigenvalue weighted by Crippen LogP contribution is -2.70. The second-order valence-corrected chi connectivity index (χ2v) is 16.6. The Morgan fingerprint density at radius 3 is 2.16 bits per heavy atom. The van der Waals surface area contributed by atoms with E-state index in [0.29, 0.717) is 86.1 Å². The minimum absolute atomic E-state index is 0.133. The first-order chi connectivity index (χ1) is 27.2. The van der Waals surface area contributed by atoms with Crippen molar-refractivity contribution in [3.63, 3.8) is 0 Å². The van der Waals surface area contributed by atoms with Gasteiger partial charge in [-0.25, -0.2) is 37.9 Å². The molecule has 302 valence electrons. The Morgan fingerprint density at radius 1 is 0.895 bits per heavy atom. The van der Waals surface area contributed by atoms with Crippen LogP contribution in [0, 0.1) is 29.5 Å². The van der Waals surface area contributed by atoms with E-state index in [0.717, 1.165) is 25.0 Å². The average molecular weight is 798 g/mol. The van der Waals surface area contributed by atoms with Crippen LogP contribution >= 0.6 is 0 Å². The second kappa shape index (κ2) is 13.9. The van der Waals surface area contributed by atoms with Gasteiger partial charge in [-0.1, -0.05) is 0 Å². The van der Waals surface area contributed by atoms with Gasteiger partial charge >= 0.3 is 12.1 Å². The molecule has 10 rings (SSSR count). The largest absolute Gasteiger partial charge is 0.490 e. The highest BCUT2D eigenvalue weighted by Gasteiger charge is 2.62. The summed E-state index contributed by atoms with van der Waals surface area (Å²) in [7, 11) is 0. The Balaban J connectivity index is 1.02. The summed E-state index contributed by atoms with van der Waals surface area (Å²) >= 11 is 0. The quantitative estimate of drug-likeness (QED) is 0.171. The van der Waals surface area contributed by atoms with Gasteiger partial charge in [0.25, 0.3) is 5.91 Å². The van der Waals surface area contributed by atoms with E-state index < -0.39 is 52.6 Å². The first kappa shape index (κ1) is 37.6. The molecule has 17 heteroatoms. The fourth-order valence-electron chi connectivity index (χ4n) is 10.6. The smallest absolute Gasteiger partial charge is 0.434 e. The molecule has 4 bridgehead atoms. The van der Waals surface area contributed by atoms with E-state index in [1.54, 1.807) is 29.0 Å². The van der Waals surface area contributed by atoms with Crippen LogP contribution in [-0.4, -0.2) is 72.1 Å². The van der Waals surface area contributed by atoms with Gasteiger partial charge in [-0.3, -0.25) is 4.79 Å². The molecule has 0 atom stereocenters. The van der Waals surface area contributed by atoms with Crippen molar-refractivity contribution in [1.82, 2.24) is 29.8 Å². The lowest BCUT2D eigenvalue weighted by atomic mass is 9.48. The van der Waals surface area contributed by atoms with Crippen LogP contribution in [0.25, 0.3) is 22.3 Å². The normalized spacial score (nSPS) is 27.5. The summed E-state index contributed by atoms with van der Waals surface area (Å²) in [6.07, 6.45) is 3.48. The number of carboxylic acid groups (broad SMARTS) is 1. The fourth-order valence-corrected chi connectivity index (χ4v) is 10.6. The third kappa shape index (κ3) is 6.83. The summed E-state index contributed by atoms with van der Waals surface area (Å²) in [6.45, 7) is 1.11. The van der Waals surface area contributed by atoms with E-state index in [-0.39, 0.29) is 55.0 Å². The number of piperidine rings is 1. The number of benzene rings is 1. The molecule has 4 aromatic rings. The zero-order chi connectivity index (χ0) is 39.9. The Morgan fingerprint density at radius 2 is 1.54 bits per heavy atom. The molecule has 1 amide bonds. The van der Waals surface area contributed by atoms with Crippen LogP contribution in [-0.2, 0) is 11.0 Å². The summed E-state index contributed by atoms with van der Waals surface area (Å²) in [6, 6.07) is 4.71. The molecule has 6 fully saturated rings. The molecule has 0 radical (unpaired) electrons. The third-order valence-electron chi connectivity index (χ3n) is 13.2. The number of hydrogen-bond donors (Lipinski definition) is 2. The number of carbonyl (C=O) groups is 2. The van der Waals surface area contributed by atoms with Crippen molar-refractivity contribution in [2.45, 2.75) is 100 Å². The van der Waals surface area contributed by atoms with Crippen molar-refractivity contribution >= 4 is 28.7 Å². The Kier molecular flexibility index (Phi) is 9.14. The highest BCUT2D eigenvalue weighted by molar-refractivity contribution is 6.00. The molecule has 0 unspecified atom stereocenters. The number of nitrogens with one attached hydrogen (secondary N) is 1. The van der Waals surface area contributed by atoms with Crippen molar-refractivity contribution < 1.29 is 45.8 Å². The standard InChI is InChI=1S/C40H41F6N7O4/c41-25-17-48-37(49-18-25)52-9-5-27(6-10-52)57-28-1-2-29-31(20-53(32(29)16-28)26-3-7-38(42,43)8-4-26)34-47-19-30(33(50-34)40(44,45)46)35(54)51-39(36(55)56)23-12-21-11-22(14-23)15-24(39)13-21/h1-2,16-24,26-27H,3-15H2,(H,51,54)(H,55,56). The van der Waals surface area contributed by atoms with Crippen LogP contribution in [0.1, 0.15) is 92.7 Å². The van der Waals surface area contributed by atoms with Gasteiger partial charge in [0.05, 0.1) is 23.5 Å². The zero-order valence-corrected chi connectivity index (χ0v) is 30.8. The van der Waals surface area contributed by atoms with Crippen molar-refractivity contribution in [2.24, 2.45) is 23.7 Å². The van der Waals surface area contributed by atoms with E-state index >= 15 is 0 Å². The maximum absolute atomic E-state index is 14.8. The number of halogens is 6. The number of rotatable bonds is 8. The van der Waals surface area contributed by atoms with Crippen LogP contribution < -0.4 is 15.0 Å². The predicted molar refractivity (Wildman–Crippen MR) is 193 cm³/mol. The van der Waals surface area contributed by atoms with Gasteiger partial charge in [-0.15, -0.1) is 0 Å². The molecule has 1 aromatic carbocycles. The summed E-state index contributed by atoms with van der Waals surface area (Å²) in [5.74, 6) is -5.27. The lowest BCUT2D eigenvalue weighted by molar-refractivity contribution is -0.163. The zero-order valence-electron chi connectivity index (χ0n) is 30.8. The monoisotopic (exact) mass is 797 g/mol. The Bertz CT molecular complexity index is 2170. The van der Waals surface area contributed by atoms with E-state index in [2.05, 4.69) is 25.3 Å². The molecule has 0 spiro atoms. The van der Waals surface area contributed by atoms with Crippen molar-refractivity contribution in [2.75, 3.05) is 18.0 Å². The number of ether oxygens (including phenoxy) is 1. The number of aliphatic carboxylic acids is 1. The minimum atomic E-state index is -5.10.